The fourth-order valence-electron chi connectivity index (χ4n) is 2.60. The molecule has 0 radical (unpaired) electrons. The van der Waals surface area contributed by atoms with Gasteiger partial charge in [0.2, 0.25) is 0 Å². The summed E-state index contributed by atoms with van der Waals surface area (Å²) in [5, 5.41) is 2.69. The van der Waals surface area contributed by atoms with Crippen LogP contribution in [0.1, 0.15) is 43.8 Å². The van der Waals surface area contributed by atoms with Gasteiger partial charge in [-0.15, -0.1) is 0 Å². The van der Waals surface area contributed by atoms with Gasteiger partial charge < -0.3 is 14.8 Å². The van der Waals surface area contributed by atoms with Crippen LogP contribution in [0.5, 0.6) is 5.75 Å². The van der Waals surface area contributed by atoms with Crippen LogP contribution in [0, 0.1) is 20.8 Å². The van der Waals surface area contributed by atoms with E-state index in [-0.39, 0.29) is 18.1 Å². The van der Waals surface area contributed by atoms with E-state index in [1.54, 1.807) is 0 Å². The molecule has 1 amide bonds. The molecule has 28 heavy (non-hydrogen) atoms. The molecule has 0 saturated carbocycles. The number of benzene rings is 2. The first kappa shape index (κ1) is 21.2. The Morgan fingerprint density at radius 2 is 1.79 bits per heavy atom. The van der Waals surface area contributed by atoms with Crippen LogP contribution in [0.15, 0.2) is 36.4 Å². The number of hydrogen-bond acceptors (Lipinski definition) is 5. The molecule has 1 N–H and O–H groups in total. The Morgan fingerprint density at radius 3 is 2.46 bits per heavy atom. The molecule has 0 saturated heterocycles. The van der Waals surface area contributed by atoms with E-state index < -0.39 is 5.97 Å². The molecule has 2 rings (SSSR count). The number of aldehydes is 1. The van der Waals surface area contributed by atoms with Crippen LogP contribution >= 0.6 is 0 Å². The largest absolute Gasteiger partial charge is 0.493 e. The van der Waals surface area contributed by atoms with Crippen LogP contribution in [0.4, 0.5) is 0 Å². The van der Waals surface area contributed by atoms with Gasteiger partial charge in [0.25, 0.3) is 5.91 Å². The van der Waals surface area contributed by atoms with Crippen LogP contribution in [0.2, 0.25) is 0 Å². The maximum absolute atomic E-state index is 11.9. The van der Waals surface area contributed by atoms with Crippen molar-refractivity contribution in [3.8, 4) is 5.75 Å². The van der Waals surface area contributed by atoms with Crippen molar-refractivity contribution in [2.45, 2.75) is 27.2 Å². The Morgan fingerprint density at radius 1 is 1.07 bits per heavy atom. The Kier molecular flexibility index (Phi) is 7.75. The van der Waals surface area contributed by atoms with Crippen LogP contribution in [-0.4, -0.2) is 37.9 Å². The van der Waals surface area contributed by atoms with Crippen molar-refractivity contribution in [2.24, 2.45) is 0 Å². The van der Waals surface area contributed by atoms with Crippen molar-refractivity contribution in [3.63, 3.8) is 0 Å². The van der Waals surface area contributed by atoms with Crippen molar-refractivity contribution < 1.29 is 23.9 Å². The number of hydrogen-bond donors (Lipinski definition) is 1. The van der Waals surface area contributed by atoms with E-state index >= 15 is 0 Å². The van der Waals surface area contributed by atoms with Crippen molar-refractivity contribution >= 4 is 18.2 Å². The number of ether oxygens (including phenoxy) is 2. The maximum atomic E-state index is 11.9. The minimum Gasteiger partial charge on any atom is -0.493 e. The summed E-state index contributed by atoms with van der Waals surface area (Å²) in [5.41, 5.74) is 4.20. The molecule has 148 valence electrons. The molecule has 6 nitrogen and oxygen atoms in total. The first-order chi connectivity index (χ1) is 13.4. The van der Waals surface area contributed by atoms with E-state index in [2.05, 4.69) is 11.4 Å². The van der Waals surface area contributed by atoms with Gasteiger partial charge in [0.1, 0.15) is 12.0 Å². The summed E-state index contributed by atoms with van der Waals surface area (Å²) in [7, 11) is 0. The predicted molar refractivity (Wildman–Crippen MR) is 106 cm³/mol. The third kappa shape index (κ3) is 6.23. The molecular formula is C22H25NO5. The third-order valence-electron chi connectivity index (χ3n) is 4.28. The lowest BCUT2D eigenvalue weighted by Gasteiger charge is -2.12. The molecule has 0 aliphatic heterocycles. The highest BCUT2D eigenvalue weighted by Crippen LogP contribution is 2.23. The molecule has 0 heterocycles. The van der Waals surface area contributed by atoms with Crippen LogP contribution in [-0.2, 0) is 9.53 Å². The van der Waals surface area contributed by atoms with Crippen LogP contribution in [0.3, 0.4) is 0 Å². The molecule has 0 unspecified atom stereocenters. The van der Waals surface area contributed by atoms with E-state index in [4.69, 9.17) is 9.47 Å². The molecule has 2 aromatic rings. The summed E-state index contributed by atoms with van der Waals surface area (Å²) in [6, 6.07) is 10.1. The predicted octanol–water partition coefficient (Wildman–Crippen LogP) is 3.17. The van der Waals surface area contributed by atoms with Crippen molar-refractivity contribution in [3.05, 3.63) is 64.2 Å². The second-order valence-electron chi connectivity index (χ2n) is 6.57. The van der Waals surface area contributed by atoms with Crippen molar-refractivity contribution in [2.75, 3.05) is 19.8 Å². The average Bonchev–Trinajstić information content (AvgIpc) is 2.69. The zero-order valence-electron chi connectivity index (χ0n) is 16.4. The summed E-state index contributed by atoms with van der Waals surface area (Å²) in [4.78, 5) is 34.2. The third-order valence-corrected chi connectivity index (χ3v) is 4.28. The topological polar surface area (TPSA) is 81.7 Å². The lowest BCUT2D eigenvalue weighted by molar-refractivity contribution is -0.124. The minimum absolute atomic E-state index is 0.288. The normalized spacial score (nSPS) is 10.2. The first-order valence-corrected chi connectivity index (χ1v) is 9.10. The zero-order valence-corrected chi connectivity index (χ0v) is 16.4. The van der Waals surface area contributed by atoms with Gasteiger partial charge in [-0.3, -0.25) is 9.59 Å². The molecule has 0 spiro atoms. The fourth-order valence-corrected chi connectivity index (χ4v) is 2.60. The van der Waals surface area contributed by atoms with Crippen LogP contribution in [0.25, 0.3) is 0 Å². The number of carbonyl (C=O) groups excluding carboxylic acids is 3. The highest BCUT2D eigenvalue weighted by Gasteiger charge is 2.10. The van der Waals surface area contributed by atoms with E-state index in [1.165, 1.54) is 29.8 Å². The van der Waals surface area contributed by atoms with E-state index in [1.807, 2.05) is 26.8 Å². The quantitative estimate of drug-likeness (QED) is 0.409. The Bertz CT molecular complexity index is 843. The molecule has 0 aliphatic rings. The highest BCUT2D eigenvalue weighted by atomic mass is 16.5. The SMILES string of the molecule is Cc1cc(C)c(C)c(OCCCNC(=O)COC(=O)c2ccc(C=O)cc2)c1. The monoisotopic (exact) mass is 383 g/mol. The molecule has 0 aliphatic carbocycles. The number of aryl methyl sites for hydroxylation is 2. The van der Waals surface area contributed by atoms with Gasteiger partial charge in [-0.05, 0) is 62.1 Å². The minimum atomic E-state index is -0.610. The lowest BCUT2D eigenvalue weighted by Crippen LogP contribution is -2.30. The van der Waals surface area contributed by atoms with E-state index in [0.29, 0.717) is 31.4 Å². The Hall–Kier alpha value is -3.15. The number of carbonyl (C=O) groups is 3. The summed E-state index contributed by atoms with van der Waals surface area (Å²) in [6.07, 6.45) is 1.33. The molecule has 0 bridgehead atoms. The van der Waals surface area contributed by atoms with Gasteiger partial charge in [0.05, 0.1) is 12.2 Å². The maximum Gasteiger partial charge on any atom is 0.338 e. The van der Waals surface area contributed by atoms with Crippen molar-refractivity contribution in [1.82, 2.24) is 5.32 Å². The summed E-state index contributed by atoms with van der Waals surface area (Å²) in [6.45, 7) is 6.64. The Balaban J connectivity index is 1.66. The summed E-state index contributed by atoms with van der Waals surface area (Å²) < 4.78 is 10.8. The average molecular weight is 383 g/mol. The van der Waals surface area contributed by atoms with E-state index in [0.717, 1.165) is 16.9 Å². The molecule has 0 fully saturated rings. The van der Waals surface area contributed by atoms with Gasteiger partial charge in [-0.1, -0.05) is 18.2 Å². The Labute approximate surface area is 164 Å². The van der Waals surface area contributed by atoms with Crippen LogP contribution < -0.4 is 10.1 Å². The van der Waals surface area contributed by atoms with Gasteiger partial charge in [-0.2, -0.15) is 0 Å². The molecular weight excluding hydrogens is 358 g/mol. The molecule has 0 aromatic heterocycles. The summed E-state index contributed by atoms with van der Waals surface area (Å²) in [5.74, 6) is -0.125. The van der Waals surface area contributed by atoms with Gasteiger partial charge in [-0.25, -0.2) is 4.79 Å². The summed E-state index contributed by atoms with van der Waals surface area (Å²) >= 11 is 0. The fraction of sp³-hybridized carbons (Fsp3) is 0.318. The number of nitrogens with one attached hydrogen (secondary N) is 1. The van der Waals surface area contributed by atoms with Gasteiger partial charge >= 0.3 is 5.97 Å². The number of esters is 1. The molecule has 0 atom stereocenters. The first-order valence-electron chi connectivity index (χ1n) is 9.10. The second kappa shape index (κ2) is 10.3. The highest BCUT2D eigenvalue weighted by molar-refractivity contribution is 5.92. The van der Waals surface area contributed by atoms with Crippen molar-refractivity contribution in [1.29, 1.82) is 0 Å². The lowest BCUT2D eigenvalue weighted by atomic mass is 10.1. The smallest absolute Gasteiger partial charge is 0.338 e. The van der Waals surface area contributed by atoms with Gasteiger partial charge in [0.15, 0.2) is 6.61 Å². The molecule has 6 heteroatoms. The number of rotatable bonds is 9. The second-order valence-corrected chi connectivity index (χ2v) is 6.57. The number of amides is 1. The van der Waals surface area contributed by atoms with Gasteiger partial charge in [0, 0.05) is 12.1 Å². The zero-order chi connectivity index (χ0) is 20.5. The standard InChI is InChI=1S/C22H25NO5/c1-15-11-16(2)17(3)20(12-15)27-10-4-9-23-21(25)14-28-22(26)19-7-5-18(13-24)6-8-19/h5-8,11-13H,4,9-10,14H2,1-3H3,(H,23,25). The van der Waals surface area contributed by atoms with E-state index in [9.17, 15) is 14.4 Å². The molecule has 2 aromatic carbocycles.